The zero-order chi connectivity index (χ0) is 20.4. The van der Waals surface area contributed by atoms with Crippen LogP contribution in [0.1, 0.15) is 21.5 Å². The normalized spacial score (nSPS) is 13.2. The number of hydrogen-bond acceptors (Lipinski definition) is 5. The topological polar surface area (TPSA) is 78.3 Å². The largest absolute Gasteiger partial charge is 0.484 e. The number of rotatable bonds is 4. The molecule has 3 heterocycles. The maximum Gasteiger partial charge on any atom is 0.416 e. The number of pyridine rings is 1. The number of imidazole rings is 1. The molecule has 1 N–H and O–H groups in total. The number of nitrogens with one attached hydrogen (secondary N) is 1. The molecule has 0 aliphatic carbocycles. The van der Waals surface area contributed by atoms with E-state index in [0.29, 0.717) is 30.4 Å². The van der Waals surface area contributed by atoms with Gasteiger partial charge in [0.15, 0.2) is 11.6 Å². The standard InChI is InChI=1S/C19H15F3N4O3/c20-19(21,22)14-3-1-2-12(6-14)9-26-10-16(24-11-26)25-17(27)13-7-15-18(23-8-13)29-5-4-28-15/h1-3,6-8,10-11H,4-5,9H2,(H,25,27). The van der Waals surface area contributed by atoms with Crippen molar-refractivity contribution < 1.29 is 27.4 Å². The van der Waals surface area contributed by atoms with Gasteiger partial charge < -0.3 is 19.4 Å². The van der Waals surface area contributed by atoms with E-state index < -0.39 is 17.6 Å². The fourth-order valence-corrected chi connectivity index (χ4v) is 2.81. The summed E-state index contributed by atoms with van der Waals surface area (Å²) in [5, 5.41) is 2.62. The molecule has 1 aromatic carbocycles. The summed E-state index contributed by atoms with van der Waals surface area (Å²) >= 11 is 0. The second-order valence-electron chi connectivity index (χ2n) is 6.31. The molecule has 0 atom stereocenters. The number of halogens is 3. The van der Waals surface area contributed by atoms with Crippen LogP contribution in [0.5, 0.6) is 11.6 Å². The fraction of sp³-hybridized carbons (Fsp3) is 0.211. The molecule has 29 heavy (non-hydrogen) atoms. The second kappa shape index (κ2) is 7.46. The number of aromatic nitrogens is 3. The van der Waals surface area contributed by atoms with Crippen molar-refractivity contribution in [2.75, 3.05) is 18.5 Å². The van der Waals surface area contributed by atoms with Gasteiger partial charge in [0.05, 0.1) is 17.5 Å². The number of anilines is 1. The first-order valence-electron chi connectivity index (χ1n) is 8.63. The molecule has 1 amide bonds. The lowest BCUT2D eigenvalue weighted by Gasteiger charge is -2.17. The third-order valence-electron chi connectivity index (χ3n) is 4.15. The Morgan fingerprint density at radius 2 is 2.00 bits per heavy atom. The molecule has 3 aromatic rings. The molecule has 10 heteroatoms. The van der Waals surface area contributed by atoms with Crippen LogP contribution in [0.25, 0.3) is 0 Å². The molecular weight excluding hydrogens is 389 g/mol. The molecule has 1 aliphatic heterocycles. The number of carbonyl (C=O) groups excluding carboxylic acids is 1. The zero-order valence-corrected chi connectivity index (χ0v) is 14.9. The molecule has 2 aromatic heterocycles. The van der Waals surface area contributed by atoms with E-state index in [1.54, 1.807) is 10.6 Å². The monoisotopic (exact) mass is 404 g/mol. The summed E-state index contributed by atoms with van der Waals surface area (Å²) in [6.07, 6.45) is -0.0776. The number of benzene rings is 1. The Labute approximate surface area is 163 Å². The Balaban J connectivity index is 1.44. The van der Waals surface area contributed by atoms with Crippen LogP contribution in [-0.4, -0.2) is 33.7 Å². The minimum absolute atomic E-state index is 0.179. The Hall–Kier alpha value is -3.56. The van der Waals surface area contributed by atoms with Crippen LogP contribution in [0, 0.1) is 0 Å². The highest BCUT2D eigenvalue weighted by Crippen LogP contribution is 2.30. The van der Waals surface area contributed by atoms with Crippen molar-refractivity contribution in [1.82, 2.24) is 14.5 Å². The van der Waals surface area contributed by atoms with Crippen LogP contribution in [0.4, 0.5) is 19.0 Å². The molecule has 0 unspecified atom stereocenters. The van der Waals surface area contributed by atoms with Gasteiger partial charge in [0.25, 0.3) is 11.8 Å². The first-order valence-corrected chi connectivity index (χ1v) is 8.63. The summed E-state index contributed by atoms with van der Waals surface area (Å²) in [4.78, 5) is 20.5. The van der Waals surface area contributed by atoms with Crippen molar-refractivity contribution in [3.63, 3.8) is 0 Å². The third-order valence-corrected chi connectivity index (χ3v) is 4.15. The number of alkyl halides is 3. The predicted molar refractivity (Wildman–Crippen MR) is 96.0 cm³/mol. The Morgan fingerprint density at radius 3 is 2.83 bits per heavy atom. The van der Waals surface area contributed by atoms with Gasteiger partial charge in [-0.25, -0.2) is 9.97 Å². The van der Waals surface area contributed by atoms with Gasteiger partial charge >= 0.3 is 6.18 Å². The molecule has 4 rings (SSSR count). The van der Waals surface area contributed by atoms with E-state index in [0.717, 1.165) is 12.1 Å². The molecule has 0 fully saturated rings. The SMILES string of the molecule is O=C(Nc1cn(Cc2cccc(C(F)(F)F)c2)cn1)c1cnc2c(c1)OCCO2. The second-order valence-corrected chi connectivity index (χ2v) is 6.31. The van der Waals surface area contributed by atoms with Crippen molar-refractivity contribution in [2.24, 2.45) is 0 Å². The first-order chi connectivity index (χ1) is 13.9. The Bertz CT molecular complexity index is 1050. The Morgan fingerprint density at radius 1 is 1.17 bits per heavy atom. The average Bonchev–Trinajstić information content (AvgIpc) is 3.13. The fourth-order valence-electron chi connectivity index (χ4n) is 2.81. The summed E-state index contributed by atoms with van der Waals surface area (Å²) in [6.45, 7) is 0.951. The van der Waals surface area contributed by atoms with Crippen LogP contribution >= 0.6 is 0 Å². The van der Waals surface area contributed by atoms with E-state index in [4.69, 9.17) is 9.47 Å². The molecule has 0 spiro atoms. The highest BCUT2D eigenvalue weighted by Gasteiger charge is 2.30. The molecular formula is C19H15F3N4O3. The molecule has 0 saturated carbocycles. The summed E-state index contributed by atoms with van der Waals surface area (Å²) in [6, 6.07) is 6.57. The van der Waals surface area contributed by atoms with Crippen LogP contribution in [-0.2, 0) is 12.7 Å². The quantitative estimate of drug-likeness (QED) is 0.722. The molecule has 150 valence electrons. The number of hydrogen-bond donors (Lipinski definition) is 1. The third kappa shape index (κ3) is 4.31. The van der Waals surface area contributed by atoms with Crippen LogP contribution in [0.2, 0.25) is 0 Å². The highest BCUT2D eigenvalue weighted by atomic mass is 19.4. The van der Waals surface area contributed by atoms with Gasteiger partial charge in [0.1, 0.15) is 13.2 Å². The highest BCUT2D eigenvalue weighted by molar-refractivity contribution is 6.03. The van der Waals surface area contributed by atoms with Crippen molar-refractivity contribution in [1.29, 1.82) is 0 Å². The predicted octanol–water partition coefficient (Wildman–Crippen LogP) is 3.37. The lowest BCUT2D eigenvalue weighted by molar-refractivity contribution is -0.137. The first kappa shape index (κ1) is 18.8. The molecule has 1 aliphatic rings. The number of carbonyl (C=O) groups is 1. The van der Waals surface area contributed by atoms with Gasteiger partial charge in [-0.15, -0.1) is 0 Å². The van der Waals surface area contributed by atoms with Gasteiger partial charge in [-0.3, -0.25) is 4.79 Å². The summed E-state index contributed by atoms with van der Waals surface area (Å²) in [7, 11) is 0. The van der Waals surface area contributed by atoms with Crippen LogP contribution in [0.3, 0.4) is 0 Å². The van der Waals surface area contributed by atoms with Gasteiger partial charge in [-0.1, -0.05) is 12.1 Å². The number of fused-ring (bicyclic) bond motifs is 1. The number of nitrogens with zero attached hydrogens (tertiary/aromatic N) is 3. The lowest BCUT2D eigenvalue weighted by atomic mass is 10.1. The van der Waals surface area contributed by atoms with E-state index in [1.165, 1.54) is 30.9 Å². The van der Waals surface area contributed by atoms with Gasteiger partial charge in [0.2, 0.25) is 0 Å². The van der Waals surface area contributed by atoms with Gasteiger partial charge in [-0.2, -0.15) is 13.2 Å². The van der Waals surface area contributed by atoms with Crippen molar-refractivity contribution >= 4 is 11.7 Å². The maximum atomic E-state index is 12.8. The van der Waals surface area contributed by atoms with Crippen molar-refractivity contribution in [2.45, 2.75) is 12.7 Å². The molecule has 0 saturated heterocycles. The van der Waals surface area contributed by atoms with E-state index in [1.807, 2.05) is 0 Å². The minimum Gasteiger partial charge on any atom is -0.484 e. The van der Waals surface area contributed by atoms with E-state index in [9.17, 15) is 18.0 Å². The lowest BCUT2D eigenvalue weighted by Crippen LogP contribution is -2.18. The maximum absolute atomic E-state index is 12.8. The van der Waals surface area contributed by atoms with Crippen LogP contribution in [0.15, 0.2) is 49.1 Å². The zero-order valence-electron chi connectivity index (χ0n) is 14.9. The number of amides is 1. The molecule has 0 radical (unpaired) electrons. The average molecular weight is 404 g/mol. The van der Waals surface area contributed by atoms with Crippen molar-refractivity contribution in [3.8, 4) is 11.6 Å². The van der Waals surface area contributed by atoms with Crippen molar-refractivity contribution in [3.05, 3.63) is 65.7 Å². The smallest absolute Gasteiger partial charge is 0.416 e. The number of ether oxygens (including phenoxy) is 2. The van der Waals surface area contributed by atoms with Crippen LogP contribution < -0.4 is 14.8 Å². The molecule has 0 bridgehead atoms. The van der Waals surface area contributed by atoms with E-state index >= 15 is 0 Å². The van der Waals surface area contributed by atoms with Gasteiger partial charge in [-0.05, 0) is 17.7 Å². The Kier molecular flexibility index (Phi) is 4.83. The van der Waals surface area contributed by atoms with E-state index in [-0.39, 0.29) is 17.9 Å². The summed E-state index contributed by atoms with van der Waals surface area (Å²) < 4.78 is 50.8. The van der Waals surface area contributed by atoms with Gasteiger partial charge in [0, 0.05) is 25.0 Å². The summed E-state index contributed by atoms with van der Waals surface area (Å²) in [5.41, 5.74) is 0.0163. The minimum atomic E-state index is -4.40. The van der Waals surface area contributed by atoms with E-state index in [2.05, 4.69) is 15.3 Å². The molecule has 7 nitrogen and oxygen atoms in total. The summed E-state index contributed by atoms with van der Waals surface area (Å²) in [5.74, 6) is 0.535.